The van der Waals surface area contributed by atoms with Crippen LogP contribution in [0.1, 0.15) is 19.6 Å². The number of nitrogens with zero attached hydrogens (tertiary/aromatic N) is 1. The number of ether oxygens (including phenoxy) is 1. The molecule has 26 heavy (non-hydrogen) atoms. The monoisotopic (exact) mass is 382 g/mol. The SMILES string of the molecule is CC1CC(COPOc2ccccc2)OC1n1ccc(=O)[nH]c1=O.CO. The maximum absolute atomic E-state index is 11.9. The number of aromatic nitrogens is 2. The second kappa shape index (κ2) is 10.2. The second-order valence-electron chi connectivity index (χ2n) is 5.69. The molecular weight excluding hydrogens is 359 g/mol. The van der Waals surface area contributed by atoms with Crippen molar-refractivity contribution in [2.45, 2.75) is 25.7 Å². The van der Waals surface area contributed by atoms with Crippen molar-refractivity contribution >= 4 is 9.03 Å². The van der Waals surface area contributed by atoms with Gasteiger partial charge in [-0.25, -0.2) is 4.79 Å². The Balaban J connectivity index is 0.00000117. The molecule has 0 spiro atoms. The minimum absolute atomic E-state index is 0.113. The molecule has 142 valence electrons. The van der Waals surface area contributed by atoms with Crippen molar-refractivity contribution in [3.05, 3.63) is 63.4 Å². The van der Waals surface area contributed by atoms with Crippen LogP contribution in [-0.2, 0) is 9.26 Å². The third-order valence-electron chi connectivity index (χ3n) is 3.81. The molecule has 3 rings (SSSR count). The van der Waals surface area contributed by atoms with Crippen molar-refractivity contribution < 1.29 is 18.9 Å². The Hall–Kier alpha value is -1.99. The van der Waals surface area contributed by atoms with Crippen LogP contribution in [-0.4, -0.2) is 34.5 Å². The smallest absolute Gasteiger partial charge is 0.330 e. The van der Waals surface area contributed by atoms with Gasteiger partial charge in [0.2, 0.25) is 9.03 Å². The zero-order valence-electron chi connectivity index (χ0n) is 14.6. The van der Waals surface area contributed by atoms with Crippen molar-refractivity contribution in [3.8, 4) is 5.75 Å². The number of H-pyrrole nitrogens is 1. The van der Waals surface area contributed by atoms with Gasteiger partial charge < -0.3 is 18.9 Å². The molecule has 1 aliphatic rings. The van der Waals surface area contributed by atoms with Crippen LogP contribution in [0.4, 0.5) is 0 Å². The molecule has 1 aromatic heterocycles. The summed E-state index contributed by atoms with van der Waals surface area (Å²) in [5.74, 6) is 0.898. The number of hydrogen-bond acceptors (Lipinski definition) is 6. The molecule has 0 radical (unpaired) electrons. The Morgan fingerprint density at radius 1 is 1.27 bits per heavy atom. The van der Waals surface area contributed by atoms with Gasteiger partial charge in [0, 0.05) is 25.3 Å². The summed E-state index contributed by atoms with van der Waals surface area (Å²) in [4.78, 5) is 25.3. The first-order chi connectivity index (χ1) is 12.6. The Morgan fingerprint density at radius 3 is 2.69 bits per heavy atom. The summed E-state index contributed by atoms with van der Waals surface area (Å²) in [5, 5.41) is 7.00. The lowest BCUT2D eigenvalue weighted by molar-refractivity contribution is -0.0285. The van der Waals surface area contributed by atoms with E-state index in [1.807, 2.05) is 37.3 Å². The average molecular weight is 382 g/mol. The number of aromatic amines is 1. The molecule has 4 atom stereocenters. The molecule has 0 aliphatic carbocycles. The predicted octanol–water partition coefficient (Wildman–Crippen LogP) is 1.67. The third-order valence-corrected chi connectivity index (χ3v) is 4.41. The van der Waals surface area contributed by atoms with Crippen molar-refractivity contribution in [1.29, 1.82) is 0 Å². The van der Waals surface area contributed by atoms with Gasteiger partial charge in [0.1, 0.15) is 12.0 Å². The van der Waals surface area contributed by atoms with Crippen LogP contribution in [0.25, 0.3) is 0 Å². The van der Waals surface area contributed by atoms with E-state index in [4.69, 9.17) is 18.9 Å². The summed E-state index contributed by atoms with van der Waals surface area (Å²) < 4.78 is 18.3. The van der Waals surface area contributed by atoms with E-state index in [9.17, 15) is 9.59 Å². The van der Waals surface area contributed by atoms with Crippen LogP contribution >= 0.6 is 9.03 Å². The minimum Gasteiger partial charge on any atom is -0.450 e. The van der Waals surface area contributed by atoms with E-state index >= 15 is 0 Å². The van der Waals surface area contributed by atoms with E-state index in [1.165, 1.54) is 16.8 Å². The molecule has 0 bridgehead atoms. The number of benzene rings is 1. The highest BCUT2D eigenvalue weighted by molar-refractivity contribution is 7.26. The quantitative estimate of drug-likeness (QED) is 0.582. The molecule has 1 aromatic carbocycles. The Labute approximate surface area is 152 Å². The molecule has 1 saturated heterocycles. The normalized spacial score (nSPS) is 22.2. The molecule has 8 nitrogen and oxygen atoms in total. The predicted molar refractivity (Wildman–Crippen MR) is 98.5 cm³/mol. The Morgan fingerprint density at radius 2 is 2.00 bits per heavy atom. The van der Waals surface area contributed by atoms with Gasteiger partial charge in [-0.15, -0.1) is 0 Å². The van der Waals surface area contributed by atoms with Gasteiger partial charge in [-0.1, -0.05) is 25.1 Å². The van der Waals surface area contributed by atoms with Crippen molar-refractivity contribution in [2.75, 3.05) is 13.7 Å². The first-order valence-electron chi connectivity index (χ1n) is 8.14. The largest absolute Gasteiger partial charge is 0.450 e. The highest BCUT2D eigenvalue weighted by Crippen LogP contribution is 2.34. The summed E-state index contributed by atoms with van der Waals surface area (Å²) in [6, 6.07) is 10.8. The molecular formula is C17H23N2O6P. The highest BCUT2D eigenvalue weighted by atomic mass is 31.1. The van der Waals surface area contributed by atoms with Gasteiger partial charge in [0.25, 0.3) is 5.56 Å². The summed E-state index contributed by atoms with van der Waals surface area (Å²) in [6.07, 6.45) is 1.72. The molecule has 4 unspecified atom stereocenters. The fourth-order valence-electron chi connectivity index (χ4n) is 2.69. The van der Waals surface area contributed by atoms with E-state index in [1.54, 1.807) is 0 Å². The van der Waals surface area contributed by atoms with Gasteiger partial charge in [-0.05, 0) is 18.6 Å². The molecule has 2 heterocycles. The minimum atomic E-state index is -0.463. The standard InChI is InChI=1S/C16H19N2O5P.CH4O/c1-11-9-13(10-21-24-23-12-5-3-2-4-6-12)22-15(11)18-8-7-14(19)17-16(18)20;1-2/h2-8,11,13,15,24H,9-10H2,1H3,(H,17,19,20);2H,1H3. The molecule has 0 saturated carbocycles. The Bertz CT molecular complexity index is 779. The molecule has 1 aliphatic heterocycles. The van der Waals surface area contributed by atoms with E-state index in [0.29, 0.717) is 6.61 Å². The van der Waals surface area contributed by atoms with E-state index in [2.05, 4.69) is 4.98 Å². The van der Waals surface area contributed by atoms with E-state index < -0.39 is 17.5 Å². The zero-order valence-corrected chi connectivity index (χ0v) is 15.6. The van der Waals surface area contributed by atoms with Crippen LogP contribution in [0.3, 0.4) is 0 Å². The summed E-state index contributed by atoms with van der Waals surface area (Å²) in [6.45, 7) is 2.40. The number of para-hydroxylation sites is 1. The van der Waals surface area contributed by atoms with Crippen LogP contribution in [0.2, 0.25) is 0 Å². The van der Waals surface area contributed by atoms with Crippen LogP contribution in [0.15, 0.2) is 52.2 Å². The van der Waals surface area contributed by atoms with Gasteiger partial charge >= 0.3 is 5.69 Å². The number of rotatable bonds is 6. The zero-order chi connectivity index (χ0) is 18.9. The third kappa shape index (κ3) is 5.51. The lowest BCUT2D eigenvalue weighted by Gasteiger charge is -2.17. The van der Waals surface area contributed by atoms with Gasteiger partial charge in [-0.2, -0.15) is 0 Å². The van der Waals surface area contributed by atoms with E-state index in [0.717, 1.165) is 19.3 Å². The van der Waals surface area contributed by atoms with E-state index in [-0.39, 0.29) is 21.1 Å². The van der Waals surface area contributed by atoms with Gasteiger partial charge in [-0.3, -0.25) is 14.3 Å². The van der Waals surface area contributed by atoms with Crippen LogP contribution < -0.4 is 15.8 Å². The first kappa shape index (κ1) is 20.3. The maximum atomic E-state index is 11.9. The number of aliphatic hydroxyl groups excluding tert-OH is 1. The fourth-order valence-corrected chi connectivity index (χ4v) is 3.23. The van der Waals surface area contributed by atoms with Crippen molar-refractivity contribution in [3.63, 3.8) is 0 Å². The Kier molecular flexibility index (Phi) is 8.00. The molecule has 2 aromatic rings. The first-order valence-corrected chi connectivity index (χ1v) is 8.95. The lowest BCUT2D eigenvalue weighted by Crippen LogP contribution is -2.33. The lowest BCUT2D eigenvalue weighted by atomic mass is 10.1. The van der Waals surface area contributed by atoms with Crippen LogP contribution in [0, 0.1) is 5.92 Å². The van der Waals surface area contributed by atoms with Gasteiger partial charge in [0.15, 0.2) is 0 Å². The fraction of sp³-hybridized carbons (Fsp3) is 0.412. The highest BCUT2D eigenvalue weighted by Gasteiger charge is 2.34. The molecule has 0 amide bonds. The summed E-state index contributed by atoms with van der Waals surface area (Å²) in [7, 11) is 0.887. The maximum Gasteiger partial charge on any atom is 0.330 e. The van der Waals surface area contributed by atoms with Crippen LogP contribution in [0.5, 0.6) is 5.75 Å². The van der Waals surface area contributed by atoms with Crippen molar-refractivity contribution in [2.24, 2.45) is 5.92 Å². The average Bonchev–Trinajstić information content (AvgIpc) is 3.02. The molecule has 1 fully saturated rings. The second-order valence-corrected chi connectivity index (χ2v) is 6.35. The van der Waals surface area contributed by atoms with Gasteiger partial charge in [0.05, 0.1) is 12.7 Å². The van der Waals surface area contributed by atoms with Crippen molar-refractivity contribution in [1.82, 2.24) is 9.55 Å². The number of aliphatic hydroxyl groups is 1. The number of nitrogens with one attached hydrogen (secondary N) is 1. The molecule has 9 heteroatoms. The number of hydrogen-bond donors (Lipinski definition) is 2. The topological polar surface area (TPSA) is 103 Å². The molecule has 2 N–H and O–H groups in total. The summed E-state index contributed by atoms with van der Waals surface area (Å²) in [5.41, 5.74) is -0.878. The summed E-state index contributed by atoms with van der Waals surface area (Å²) >= 11 is 0.